The molecule has 0 bridgehead atoms. The third kappa shape index (κ3) is 4.43. The van der Waals surface area contributed by atoms with E-state index < -0.39 is 0 Å². The van der Waals surface area contributed by atoms with Crippen molar-refractivity contribution >= 4 is 23.1 Å². The molecule has 33 heavy (non-hydrogen) atoms. The highest BCUT2D eigenvalue weighted by atomic mass is 16.5. The minimum absolute atomic E-state index is 0.0179. The lowest BCUT2D eigenvalue weighted by atomic mass is 9.84. The van der Waals surface area contributed by atoms with E-state index in [-0.39, 0.29) is 23.7 Å². The number of hydrogen-bond donors (Lipinski definition) is 1. The van der Waals surface area contributed by atoms with E-state index in [1.54, 1.807) is 19.2 Å². The van der Waals surface area contributed by atoms with Gasteiger partial charge in [0, 0.05) is 36.3 Å². The molecular formula is C23H31N6O4+. The highest BCUT2D eigenvalue weighted by Gasteiger charge is 2.28. The summed E-state index contributed by atoms with van der Waals surface area (Å²) in [4.78, 5) is 15.6. The average Bonchev–Trinajstić information content (AvgIpc) is 3.12. The van der Waals surface area contributed by atoms with Gasteiger partial charge in [-0.25, -0.2) is 0 Å². The largest absolute Gasteiger partial charge is 0.494 e. The smallest absolute Gasteiger partial charge is 0.401 e. The molecule has 0 unspecified atom stereocenters. The Labute approximate surface area is 192 Å². The van der Waals surface area contributed by atoms with Crippen LogP contribution in [0.3, 0.4) is 0 Å². The van der Waals surface area contributed by atoms with Gasteiger partial charge >= 0.3 is 5.95 Å². The van der Waals surface area contributed by atoms with Crippen LogP contribution in [0.1, 0.15) is 36.7 Å². The summed E-state index contributed by atoms with van der Waals surface area (Å²) in [5.41, 5.74) is 8.98. The Morgan fingerprint density at radius 3 is 2.55 bits per heavy atom. The molecule has 1 fully saturated rings. The van der Waals surface area contributed by atoms with Crippen molar-refractivity contribution in [2.45, 2.75) is 32.7 Å². The van der Waals surface area contributed by atoms with E-state index in [4.69, 9.17) is 19.9 Å². The number of nitrogens with two attached hydrogens (primary N) is 1. The number of rotatable bonds is 6. The number of ketones is 1. The second kappa shape index (κ2) is 8.86. The molecule has 10 heteroatoms. The van der Waals surface area contributed by atoms with Crippen LogP contribution < -0.4 is 24.8 Å². The van der Waals surface area contributed by atoms with Crippen LogP contribution in [0.15, 0.2) is 24.3 Å². The van der Waals surface area contributed by atoms with Crippen LogP contribution in [-0.2, 0) is 16.7 Å². The topological polar surface area (TPSA) is 108 Å². The van der Waals surface area contributed by atoms with Crippen molar-refractivity contribution in [3.05, 3.63) is 35.4 Å². The number of benzene rings is 1. The first kappa shape index (κ1) is 22.8. The number of carbonyl (C=O) groups excluding carboxylic acids is 1. The van der Waals surface area contributed by atoms with Gasteiger partial charge < -0.3 is 19.1 Å². The predicted molar refractivity (Wildman–Crippen MR) is 123 cm³/mol. The molecule has 176 valence electrons. The van der Waals surface area contributed by atoms with E-state index in [0.29, 0.717) is 30.3 Å². The Morgan fingerprint density at radius 1 is 1.18 bits per heavy atom. The summed E-state index contributed by atoms with van der Waals surface area (Å²) in [6.07, 6.45) is 0. The lowest BCUT2D eigenvalue weighted by Crippen LogP contribution is -2.42. The molecule has 1 saturated heterocycles. The number of nitrogen functional groups attached to an aromatic ring is 1. The van der Waals surface area contributed by atoms with Crippen molar-refractivity contribution in [1.82, 2.24) is 14.7 Å². The van der Waals surface area contributed by atoms with Crippen molar-refractivity contribution in [2.24, 2.45) is 0 Å². The van der Waals surface area contributed by atoms with Crippen LogP contribution in [0.4, 0.5) is 11.6 Å². The second-order valence-electron chi connectivity index (χ2n) is 9.01. The fourth-order valence-corrected chi connectivity index (χ4v) is 3.97. The van der Waals surface area contributed by atoms with Gasteiger partial charge in [-0.05, 0) is 17.5 Å². The number of anilines is 2. The molecule has 4 rings (SSSR count). The molecule has 0 aliphatic carbocycles. The quantitative estimate of drug-likeness (QED) is 0.441. The summed E-state index contributed by atoms with van der Waals surface area (Å²) in [5, 5.41) is 8.71. The van der Waals surface area contributed by atoms with Crippen LogP contribution in [0.2, 0.25) is 0 Å². The van der Waals surface area contributed by atoms with Gasteiger partial charge in [0.05, 0.1) is 33.1 Å². The number of Topliss-reactive ketones (excluding diaryl/α,β-unsaturated/α-hetero) is 1. The average molecular weight is 456 g/mol. The zero-order valence-electron chi connectivity index (χ0n) is 19.8. The molecule has 1 aromatic carbocycles. The zero-order valence-corrected chi connectivity index (χ0v) is 19.8. The molecule has 10 nitrogen and oxygen atoms in total. The first-order valence-corrected chi connectivity index (χ1v) is 10.9. The molecular weight excluding hydrogens is 424 g/mol. The van der Waals surface area contributed by atoms with E-state index in [0.717, 1.165) is 30.1 Å². The maximum atomic E-state index is 13.4. The van der Waals surface area contributed by atoms with Gasteiger partial charge in [0.25, 0.3) is 5.65 Å². The number of morpholine rings is 1. The molecule has 1 aliphatic heterocycles. The number of hydrogen-bond acceptors (Lipinski definition) is 8. The first-order chi connectivity index (χ1) is 15.7. The number of carbonyl (C=O) groups is 1. The summed E-state index contributed by atoms with van der Waals surface area (Å²) in [7, 11) is 3.20. The van der Waals surface area contributed by atoms with Crippen LogP contribution in [0.5, 0.6) is 11.6 Å². The summed E-state index contributed by atoms with van der Waals surface area (Å²) in [5.74, 6) is 1.34. The molecule has 1 aliphatic rings. The molecule has 0 radical (unpaired) electrons. The third-order valence-electron chi connectivity index (χ3n) is 5.75. The zero-order chi connectivity index (χ0) is 23.8. The van der Waals surface area contributed by atoms with Crippen LogP contribution >= 0.6 is 0 Å². The van der Waals surface area contributed by atoms with E-state index in [1.807, 2.05) is 12.1 Å². The second-order valence-corrected chi connectivity index (χ2v) is 9.01. The van der Waals surface area contributed by atoms with E-state index in [1.165, 1.54) is 16.3 Å². The number of ether oxygens (including phenoxy) is 3. The first-order valence-electron chi connectivity index (χ1n) is 10.9. The van der Waals surface area contributed by atoms with E-state index >= 15 is 0 Å². The summed E-state index contributed by atoms with van der Waals surface area (Å²) >= 11 is 0. The van der Waals surface area contributed by atoms with Gasteiger partial charge in [0.2, 0.25) is 5.88 Å². The summed E-state index contributed by atoms with van der Waals surface area (Å²) < 4.78 is 19.4. The van der Waals surface area contributed by atoms with Crippen LogP contribution in [-0.4, -0.2) is 61.0 Å². The van der Waals surface area contributed by atoms with Gasteiger partial charge in [-0.1, -0.05) is 35.5 Å². The number of nitrogens with zero attached hydrogens (tertiary/aromatic N) is 5. The Morgan fingerprint density at radius 2 is 1.91 bits per heavy atom. The number of fused-ring (bicyclic) bond motifs is 1. The van der Waals surface area contributed by atoms with Crippen molar-refractivity contribution in [3.63, 3.8) is 0 Å². The van der Waals surface area contributed by atoms with Crippen LogP contribution in [0.25, 0.3) is 5.65 Å². The molecule has 0 atom stereocenters. The van der Waals surface area contributed by atoms with Gasteiger partial charge in [0.1, 0.15) is 5.75 Å². The van der Waals surface area contributed by atoms with Crippen molar-refractivity contribution in [1.29, 1.82) is 0 Å². The SMILES string of the molecule is COc1ccc2n[n+](CC(=O)c3cc(N4CCOCC4)c(OC)c(C(C)(C)C)c3)c(N)n2n1. The molecule has 0 spiro atoms. The van der Waals surface area contributed by atoms with Gasteiger partial charge in [0.15, 0.2) is 12.3 Å². The maximum absolute atomic E-state index is 13.4. The monoisotopic (exact) mass is 455 g/mol. The predicted octanol–water partition coefficient (Wildman–Crippen LogP) is 1.63. The molecule has 3 heterocycles. The van der Waals surface area contributed by atoms with Gasteiger partial charge in [-0.15, -0.1) is 4.68 Å². The van der Waals surface area contributed by atoms with Crippen molar-refractivity contribution in [3.8, 4) is 11.6 Å². The Kier molecular flexibility index (Phi) is 6.11. The fraction of sp³-hybridized carbons (Fsp3) is 0.478. The minimum Gasteiger partial charge on any atom is -0.494 e. The van der Waals surface area contributed by atoms with E-state index in [2.05, 4.69) is 35.9 Å². The highest BCUT2D eigenvalue weighted by molar-refractivity contribution is 5.97. The number of methoxy groups -OCH3 is 2. The van der Waals surface area contributed by atoms with Crippen LogP contribution in [0, 0.1) is 0 Å². The van der Waals surface area contributed by atoms with Gasteiger partial charge in [-0.3, -0.25) is 10.5 Å². The van der Waals surface area contributed by atoms with Crippen molar-refractivity contribution < 1.29 is 23.7 Å². The summed E-state index contributed by atoms with van der Waals surface area (Å²) in [6.45, 7) is 9.04. The normalized spacial score (nSPS) is 14.5. The minimum atomic E-state index is -0.224. The maximum Gasteiger partial charge on any atom is 0.401 e. The third-order valence-corrected chi connectivity index (χ3v) is 5.75. The molecule has 0 saturated carbocycles. The van der Waals surface area contributed by atoms with Gasteiger partial charge in [-0.2, -0.15) is 0 Å². The molecule has 2 aromatic heterocycles. The Balaban J connectivity index is 1.74. The molecule has 2 N–H and O–H groups in total. The number of aromatic nitrogens is 4. The van der Waals surface area contributed by atoms with Crippen molar-refractivity contribution in [2.75, 3.05) is 51.2 Å². The lowest BCUT2D eigenvalue weighted by Gasteiger charge is -2.33. The lowest BCUT2D eigenvalue weighted by molar-refractivity contribution is -0.723. The standard InChI is InChI=1S/C23H30N6O4/c1-23(2,3)16-12-15(13-17(21(16)32-5)27-8-10-33-11-9-27)18(30)14-28-22(24)29-19(25-28)6-7-20(26-29)31-4/h6-7,12-13,24H,8-11,14H2,1-5H3/p+1. The fourth-order valence-electron chi connectivity index (χ4n) is 3.97. The summed E-state index contributed by atoms with van der Waals surface area (Å²) in [6, 6.07) is 7.25. The Bertz CT molecular complexity index is 1180. The highest BCUT2D eigenvalue weighted by Crippen LogP contribution is 2.40. The van der Waals surface area contributed by atoms with E-state index in [9.17, 15) is 4.79 Å². The molecule has 0 amide bonds. The Hall–Kier alpha value is -3.40. The molecule has 3 aromatic rings.